The first-order valence-corrected chi connectivity index (χ1v) is 10.2. The van der Waals surface area contributed by atoms with Crippen LogP contribution >= 0.6 is 24.0 Å². The molecule has 1 aromatic rings. The molecule has 8 heteroatoms. The third-order valence-corrected chi connectivity index (χ3v) is 5.37. The van der Waals surface area contributed by atoms with Gasteiger partial charge in [-0.1, -0.05) is 25.0 Å². The van der Waals surface area contributed by atoms with Gasteiger partial charge in [0.1, 0.15) is 12.7 Å². The summed E-state index contributed by atoms with van der Waals surface area (Å²) in [5, 5.41) is 6.61. The second-order valence-electron chi connectivity index (χ2n) is 7.76. The van der Waals surface area contributed by atoms with Gasteiger partial charge in [0.2, 0.25) is 5.91 Å². The molecular weight excluding hydrogens is 483 g/mol. The molecule has 2 aliphatic rings. The van der Waals surface area contributed by atoms with Gasteiger partial charge < -0.3 is 25.0 Å². The molecule has 0 aromatic heterocycles. The average Bonchev–Trinajstić information content (AvgIpc) is 3.19. The first kappa shape index (κ1) is 23.6. The van der Waals surface area contributed by atoms with Gasteiger partial charge >= 0.3 is 0 Å². The molecule has 1 heterocycles. The fraction of sp³-hybridized carbons (Fsp3) is 0.619. The molecule has 0 spiro atoms. The number of fused-ring (bicyclic) bond motifs is 1. The zero-order chi connectivity index (χ0) is 20.0. The van der Waals surface area contributed by atoms with E-state index in [0.717, 1.165) is 43.7 Å². The van der Waals surface area contributed by atoms with E-state index >= 15 is 0 Å². The summed E-state index contributed by atoms with van der Waals surface area (Å²) in [6, 6.07) is 7.70. The van der Waals surface area contributed by atoms with Crippen LogP contribution in [0.4, 0.5) is 0 Å². The number of nitrogens with one attached hydrogen (secondary N) is 2. The third-order valence-electron chi connectivity index (χ3n) is 5.37. The number of rotatable bonds is 6. The Bertz CT molecular complexity index is 705. The molecule has 0 saturated heterocycles. The van der Waals surface area contributed by atoms with Crippen LogP contribution < -0.4 is 20.1 Å². The minimum atomic E-state index is -0.366. The number of nitrogens with zero attached hydrogens (tertiary/aromatic N) is 2. The number of halogens is 1. The number of hydrogen-bond donors (Lipinski definition) is 2. The topological polar surface area (TPSA) is 75.2 Å². The van der Waals surface area contributed by atoms with Gasteiger partial charge in [0.15, 0.2) is 17.5 Å². The summed E-state index contributed by atoms with van der Waals surface area (Å²) in [6.07, 6.45) is 3.90. The molecule has 1 aromatic carbocycles. The predicted molar refractivity (Wildman–Crippen MR) is 125 cm³/mol. The number of guanidine groups is 1. The van der Waals surface area contributed by atoms with E-state index in [0.29, 0.717) is 25.7 Å². The normalized spacial score (nSPS) is 19.8. The molecule has 1 saturated carbocycles. The second-order valence-corrected chi connectivity index (χ2v) is 7.76. The lowest BCUT2D eigenvalue weighted by atomic mass is 9.85. The molecule has 1 unspecified atom stereocenters. The highest BCUT2D eigenvalue weighted by molar-refractivity contribution is 14.0. The first-order chi connectivity index (χ1) is 13.5. The van der Waals surface area contributed by atoms with Crippen LogP contribution in [0.2, 0.25) is 0 Å². The first-order valence-electron chi connectivity index (χ1n) is 10.2. The Hall–Kier alpha value is -1.71. The largest absolute Gasteiger partial charge is 0.486 e. The van der Waals surface area contributed by atoms with Crippen LogP contribution in [0.15, 0.2) is 29.3 Å². The van der Waals surface area contributed by atoms with E-state index in [1.807, 2.05) is 45.3 Å². The van der Waals surface area contributed by atoms with Crippen molar-refractivity contribution in [3.05, 3.63) is 24.3 Å². The Morgan fingerprint density at radius 3 is 2.55 bits per heavy atom. The van der Waals surface area contributed by atoms with Crippen molar-refractivity contribution >= 4 is 35.8 Å². The van der Waals surface area contributed by atoms with E-state index in [4.69, 9.17) is 14.5 Å². The number of carbonyl (C=O) groups is 1. The van der Waals surface area contributed by atoms with Crippen molar-refractivity contribution in [1.29, 1.82) is 0 Å². The molecule has 2 N–H and O–H groups in total. The molecule has 0 bridgehead atoms. The molecule has 1 atom stereocenters. The Kier molecular flexibility index (Phi) is 8.85. The molecule has 162 valence electrons. The second kappa shape index (κ2) is 10.9. The van der Waals surface area contributed by atoms with Crippen LogP contribution in [0.1, 0.15) is 32.6 Å². The molecular formula is C21H33IN4O3. The molecule has 29 heavy (non-hydrogen) atoms. The third kappa shape index (κ3) is 5.90. The van der Waals surface area contributed by atoms with Gasteiger partial charge in [-0.05, 0) is 31.9 Å². The predicted octanol–water partition coefficient (Wildman–Crippen LogP) is 2.65. The molecule has 1 fully saturated rings. The highest BCUT2D eigenvalue weighted by atomic mass is 127. The minimum absolute atomic E-state index is 0. The van der Waals surface area contributed by atoms with E-state index in [1.165, 1.54) is 0 Å². The van der Waals surface area contributed by atoms with Crippen molar-refractivity contribution in [3.8, 4) is 11.5 Å². The number of amides is 1. The van der Waals surface area contributed by atoms with Crippen molar-refractivity contribution in [2.75, 3.05) is 40.3 Å². The average molecular weight is 516 g/mol. The summed E-state index contributed by atoms with van der Waals surface area (Å²) in [6.45, 7) is 4.36. The van der Waals surface area contributed by atoms with Crippen molar-refractivity contribution in [3.63, 3.8) is 0 Å². The molecule has 1 aliphatic heterocycles. The Morgan fingerprint density at radius 1 is 1.21 bits per heavy atom. The molecule has 3 rings (SSSR count). The van der Waals surface area contributed by atoms with E-state index in [1.54, 1.807) is 4.90 Å². The van der Waals surface area contributed by atoms with E-state index < -0.39 is 0 Å². The van der Waals surface area contributed by atoms with Crippen molar-refractivity contribution < 1.29 is 14.3 Å². The lowest BCUT2D eigenvalue weighted by molar-refractivity contribution is -0.138. The number of carbonyl (C=O) groups excluding carboxylic acids is 1. The highest BCUT2D eigenvalue weighted by Crippen LogP contribution is 2.39. The van der Waals surface area contributed by atoms with E-state index in [9.17, 15) is 4.79 Å². The monoisotopic (exact) mass is 516 g/mol. The SMILES string of the molecule is CCNC(=NCC1(C(=O)N(C)C)CCCC1)NCC1COc2ccccc2O1.I. The maximum atomic E-state index is 12.7. The number of hydrogen-bond acceptors (Lipinski definition) is 4. The lowest BCUT2D eigenvalue weighted by Gasteiger charge is -2.30. The summed E-state index contributed by atoms with van der Waals surface area (Å²) >= 11 is 0. The van der Waals surface area contributed by atoms with Gasteiger partial charge in [0.05, 0.1) is 18.5 Å². The summed E-state index contributed by atoms with van der Waals surface area (Å²) in [4.78, 5) is 19.2. The summed E-state index contributed by atoms with van der Waals surface area (Å²) in [7, 11) is 3.65. The Labute approximate surface area is 190 Å². The zero-order valence-corrected chi connectivity index (χ0v) is 19.9. The quantitative estimate of drug-likeness (QED) is 0.346. The van der Waals surface area contributed by atoms with E-state index in [2.05, 4.69) is 10.6 Å². The molecule has 1 aliphatic carbocycles. The number of para-hydroxylation sites is 2. The summed E-state index contributed by atoms with van der Waals surface area (Å²) < 4.78 is 11.8. The van der Waals surface area contributed by atoms with Crippen LogP contribution in [-0.2, 0) is 4.79 Å². The van der Waals surface area contributed by atoms with E-state index in [-0.39, 0.29) is 41.4 Å². The van der Waals surface area contributed by atoms with Crippen LogP contribution in [0.25, 0.3) is 0 Å². The number of benzene rings is 1. The molecule has 7 nitrogen and oxygen atoms in total. The highest BCUT2D eigenvalue weighted by Gasteiger charge is 2.42. The summed E-state index contributed by atoms with van der Waals surface area (Å²) in [5.74, 6) is 2.45. The van der Waals surface area contributed by atoms with Crippen LogP contribution in [-0.4, -0.2) is 63.2 Å². The van der Waals surface area contributed by atoms with Crippen LogP contribution in [0.3, 0.4) is 0 Å². The van der Waals surface area contributed by atoms with Crippen molar-refractivity contribution in [2.45, 2.75) is 38.7 Å². The minimum Gasteiger partial charge on any atom is -0.486 e. The number of ether oxygens (including phenoxy) is 2. The van der Waals surface area contributed by atoms with Crippen LogP contribution in [0, 0.1) is 5.41 Å². The van der Waals surface area contributed by atoms with Gasteiger partial charge in [0, 0.05) is 20.6 Å². The number of aliphatic imine (C=N–C) groups is 1. The molecule has 1 amide bonds. The smallest absolute Gasteiger partial charge is 0.230 e. The van der Waals surface area contributed by atoms with Gasteiger partial charge in [-0.25, -0.2) is 0 Å². The van der Waals surface area contributed by atoms with Crippen LogP contribution in [0.5, 0.6) is 11.5 Å². The Morgan fingerprint density at radius 2 is 1.90 bits per heavy atom. The van der Waals surface area contributed by atoms with Gasteiger partial charge in [-0.3, -0.25) is 9.79 Å². The summed E-state index contributed by atoms with van der Waals surface area (Å²) in [5.41, 5.74) is -0.366. The Balaban J connectivity index is 0.00000300. The van der Waals surface area contributed by atoms with Crippen molar-refractivity contribution in [1.82, 2.24) is 15.5 Å². The maximum absolute atomic E-state index is 12.7. The standard InChI is InChI=1S/C21H32N4O3.HI/c1-4-22-20(24-15-21(11-7-8-12-21)19(26)25(2)3)23-13-16-14-27-17-9-5-6-10-18(17)28-16;/h5-6,9-10,16H,4,7-8,11-15H2,1-3H3,(H2,22,23,24);1H. The maximum Gasteiger partial charge on any atom is 0.230 e. The zero-order valence-electron chi connectivity index (χ0n) is 17.6. The van der Waals surface area contributed by atoms with Crippen molar-refractivity contribution in [2.24, 2.45) is 10.4 Å². The fourth-order valence-electron chi connectivity index (χ4n) is 3.91. The molecule has 0 radical (unpaired) electrons. The lowest BCUT2D eigenvalue weighted by Crippen LogP contribution is -2.46. The van der Waals surface area contributed by atoms with Gasteiger partial charge in [-0.2, -0.15) is 0 Å². The van der Waals surface area contributed by atoms with Gasteiger partial charge in [-0.15, -0.1) is 24.0 Å². The van der Waals surface area contributed by atoms with Gasteiger partial charge in [0.25, 0.3) is 0 Å². The fourth-order valence-corrected chi connectivity index (χ4v) is 3.91.